The van der Waals surface area contributed by atoms with Gasteiger partial charge >= 0.3 is 0 Å². The summed E-state index contributed by atoms with van der Waals surface area (Å²) in [5, 5.41) is 7.45. The third-order valence-electron chi connectivity index (χ3n) is 2.81. The normalized spacial score (nSPS) is 11.0. The average molecular weight is 248 g/mol. The van der Waals surface area contributed by atoms with Crippen molar-refractivity contribution in [3.05, 3.63) is 30.4 Å². The van der Waals surface area contributed by atoms with Crippen molar-refractivity contribution in [3.8, 4) is 0 Å². The highest BCUT2D eigenvalue weighted by molar-refractivity contribution is 4.99. The molecular weight excluding hydrogens is 228 g/mol. The minimum atomic E-state index is 0.724. The molecule has 2 aromatic heterocycles. The molecule has 0 atom stereocenters. The Labute approximate surface area is 107 Å². The lowest BCUT2D eigenvalue weighted by Gasteiger charge is -2.03. The van der Waals surface area contributed by atoms with Crippen molar-refractivity contribution in [2.75, 3.05) is 13.1 Å². The van der Waals surface area contributed by atoms with E-state index in [1.807, 2.05) is 11.0 Å². The second kappa shape index (κ2) is 6.30. The van der Waals surface area contributed by atoms with Crippen molar-refractivity contribution in [1.82, 2.24) is 29.6 Å². The molecule has 6 nitrogen and oxygen atoms in total. The average Bonchev–Trinajstić information content (AvgIpc) is 2.99. The molecule has 2 aromatic rings. The molecule has 0 saturated carbocycles. The highest BCUT2D eigenvalue weighted by atomic mass is 15.3. The van der Waals surface area contributed by atoms with Crippen LogP contribution in [0.5, 0.6) is 0 Å². The van der Waals surface area contributed by atoms with Gasteiger partial charge in [0.2, 0.25) is 0 Å². The van der Waals surface area contributed by atoms with Gasteiger partial charge in [-0.1, -0.05) is 6.92 Å². The van der Waals surface area contributed by atoms with Crippen molar-refractivity contribution < 1.29 is 0 Å². The second-order valence-electron chi connectivity index (χ2n) is 4.13. The summed E-state index contributed by atoms with van der Waals surface area (Å²) in [6, 6.07) is 0. The summed E-state index contributed by atoms with van der Waals surface area (Å²) in [5.41, 5.74) is 1.11. The first-order chi connectivity index (χ1) is 8.83. The van der Waals surface area contributed by atoms with E-state index >= 15 is 0 Å². The zero-order valence-electron chi connectivity index (χ0n) is 11.0. The molecule has 98 valence electrons. The summed E-state index contributed by atoms with van der Waals surface area (Å²) < 4.78 is 3.95. The van der Waals surface area contributed by atoms with E-state index < -0.39 is 0 Å². The van der Waals surface area contributed by atoms with Gasteiger partial charge in [0.1, 0.15) is 12.2 Å². The van der Waals surface area contributed by atoms with E-state index in [0.717, 1.165) is 44.1 Å². The van der Waals surface area contributed by atoms with Crippen LogP contribution in [0.15, 0.2) is 18.9 Å². The molecule has 1 N–H and O–H groups in total. The van der Waals surface area contributed by atoms with Crippen LogP contribution >= 0.6 is 0 Å². The molecule has 18 heavy (non-hydrogen) atoms. The molecular formula is C12H20N6. The van der Waals surface area contributed by atoms with Gasteiger partial charge < -0.3 is 9.88 Å². The third-order valence-corrected chi connectivity index (χ3v) is 2.81. The Morgan fingerprint density at radius 3 is 2.94 bits per heavy atom. The molecule has 0 aliphatic heterocycles. The molecule has 0 spiro atoms. The van der Waals surface area contributed by atoms with E-state index in [1.54, 1.807) is 6.33 Å². The highest BCUT2D eigenvalue weighted by Gasteiger charge is 2.04. The number of nitrogens with zero attached hydrogens (tertiary/aromatic N) is 5. The minimum Gasteiger partial charge on any atom is -0.330 e. The maximum Gasteiger partial charge on any atom is 0.146 e. The van der Waals surface area contributed by atoms with E-state index in [0.29, 0.717) is 0 Å². The zero-order chi connectivity index (χ0) is 12.8. The van der Waals surface area contributed by atoms with Crippen LogP contribution < -0.4 is 5.32 Å². The smallest absolute Gasteiger partial charge is 0.146 e. The van der Waals surface area contributed by atoms with Crippen molar-refractivity contribution >= 4 is 0 Å². The Bertz CT molecular complexity index is 472. The van der Waals surface area contributed by atoms with Crippen molar-refractivity contribution in [2.24, 2.45) is 0 Å². The van der Waals surface area contributed by atoms with Gasteiger partial charge in [0.25, 0.3) is 0 Å². The minimum absolute atomic E-state index is 0.724. The van der Waals surface area contributed by atoms with Crippen molar-refractivity contribution in [3.63, 3.8) is 0 Å². The van der Waals surface area contributed by atoms with Crippen molar-refractivity contribution in [1.29, 1.82) is 0 Å². The number of hydrogen-bond donors (Lipinski definition) is 1. The predicted molar refractivity (Wildman–Crippen MR) is 69.3 cm³/mol. The van der Waals surface area contributed by atoms with Crippen LogP contribution in [0.3, 0.4) is 0 Å². The number of aromatic nitrogens is 5. The van der Waals surface area contributed by atoms with Gasteiger partial charge in [-0.15, -0.1) is 0 Å². The van der Waals surface area contributed by atoms with Crippen LogP contribution in [0.2, 0.25) is 0 Å². The lowest BCUT2D eigenvalue weighted by atomic mass is 10.3. The van der Waals surface area contributed by atoms with Gasteiger partial charge in [0.15, 0.2) is 0 Å². The van der Waals surface area contributed by atoms with Crippen LogP contribution in [0.1, 0.15) is 25.4 Å². The lowest BCUT2D eigenvalue weighted by molar-refractivity contribution is 0.591. The standard InChI is InChI=1S/C12H20N6/c1-3-13-6-5-11-7-17(10-15-11)8-12-14-9-16-18(12)4-2/h7,9-10,13H,3-6,8H2,1-2H3. The largest absolute Gasteiger partial charge is 0.330 e. The molecule has 0 amide bonds. The fraction of sp³-hybridized carbons (Fsp3) is 0.583. The summed E-state index contributed by atoms with van der Waals surface area (Å²) in [6.45, 7) is 7.71. The lowest BCUT2D eigenvalue weighted by Crippen LogP contribution is -2.16. The SMILES string of the molecule is CCNCCc1cn(Cc2ncnn2CC)cn1. The van der Waals surface area contributed by atoms with Gasteiger partial charge in [-0.2, -0.15) is 5.10 Å². The van der Waals surface area contributed by atoms with Crippen LogP contribution in [0.4, 0.5) is 0 Å². The summed E-state index contributed by atoms with van der Waals surface area (Å²) in [5.74, 6) is 0.966. The molecule has 2 heterocycles. The molecule has 2 rings (SSSR count). The fourth-order valence-electron chi connectivity index (χ4n) is 1.85. The van der Waals surface area contributed by atoms with E-state index in [1.165, 1.54) is 0 Å². The zero-order valence-corrected chi connectivity index (χ0v) is 11.0. The summed E-state index contributed by atoms with van der Waals surface area (Å²) in [7, 11) is 0. The quantitative estimate of drug-likeness (QED) is 0.733. The molecule has 0 aliphatic carbocycles. The molecule has 0 unspecified atom stereocenters. The monoisotopic (exact) mass is 248 g/mol. The Balaban J connectivity index is 1.94. The third kappa shape index (κ3) is 3.16. The predicted octanol–water partition coefficient (Wildman–Crippen LogP) is 0.695. The summed E-state index contributed by atoms with van der Waals surface area (Å²) in [6.07, 6.45) is 6.49. The number of aryl methyl sites for hydroxylation is 1. The van der Waals surface area contributed by atoms with Crippen LogP contribution in [-0.4, -0.2) is 37.4 Å². The molecule has 0 fully saturated rings. The highest BCUT2D eigenvalue weighted by Crippen LogP contribution is 2.02. The van der Waals surface area contributed by atoms with Crippen LogP contribution in [-0.2, 0) is 19.5 Å². The first-order valence-electron chi connectivity index (χ1n) is 6.41. The van der Waals surface area contributed by atoms with E-state index in [4.69, 9.17) is 0 Å². The Morgan fingerprint density at radius 2 is 2.17 bits per heavy atom. The molecule has 0 aromatic carbocycles. The van der Waals surface area contributed by atoms with Gasteiger partial charge in [-0.05, 0) is 13.5 Å². The van der Waals surface area contributed by atoms with E-state index in [9.17, 15) is 0 Å². The fourth-order valence-corrected chi connectivity index (χ4v) is 1.85. The Kier molecular flexibility index (Phi) is 4.46. The number of hydrogen-bond acceptors (Lipinski definition) is 4. The van der Waals surface area contributed by atoms with Crippen LogP contribution in [0, 0.1) is 0 Å². The van der Waals surface area contributed by atoms with Gasteiger partial charge in [-0.3, -0.25) is 0 Å². The first-order valence-corrected chi connectivity index (χ1v) is 6.41. The molecule has 0 aliphatic rings. The van der Waals surface area contributed by atoms with E-state index in [-0.39, 0.29) is 0 Å². The number of likely N-dealkylation sites (N-methyl/N-ethyl adjacent to an activating group) is 1. The Morgan fingerprint density at radius 1 is 1.28 bits per heavy atom. The second-order valence-corrected chi connectivity index (χ2v) is 4.13. The topological polar surface area (TPSA) is 60.6 Å². The maximum absolute atomic E-state index is 4.39. The van der Waals surface area contributed by atoms with Gasteiger partial charge in [0, 0.05) is 25.7 Å². The maximum atomic E-state index is 4.39. The summed E-state index contributed by atoms with van der Waals surface area (Å²) >= 11 is 0. The molecule has 0 bridgehead atoms. The van der Waals surface area contributed by atoms with Gasteiger partial charge in [-0.25, -0.2) is 14.6 Å². The molecule has 0 saturated heterocycles. The van der Waals surface area contributed by atoms with Gasteiger partial charge in [0.05, 0.1) is 18.6 Å². The number of imidazole rings is 1. The molecule has 0 radical (unpaired) electrons. The first kappa shape index (κ1) is 12.8. The number of rotatable bonds is 7. The van der Waals surface area contributed by atoms with Crippen LogP contribution in [0.25, 0.3) is 0 Å². The number of nitrogens with one attached hydrogen (secondary N) is 1. The molecule has 6 heteroatoms. The van der Waals surface area contributed by atoms with Crippen molar-refractivity contribution in [2.45, 2.75) is 33.4 Å². The van der Waals surface area contributed by atoms with E-state index in [2.05, 4.69) is 45.0 Å². The Hall–Kier alpha value is -1.69. The summed E-state index contributed by atoms with van der Waals surface area (Å²) in [4.78, 5) is 8.65.